The van der Waals surface area contributed by atoms with Crippen LogP contribution in [0, 0.1) is 6.92 Å². The van der Waals surface area contributed by atoms with Crippen LogP contribution in [-0.4, -0.2) is 70.9 Å². The summed E-state index contributed by atoms with van der Waals surface area (Å²) in [4.78, 5) is 24.1. The number of anilines is 2. The molecule has 3 N–H and O–H groups in total. The lowest BCUT2D eigenvalue weighted by Crippen LogP contribution is -2.50. The molecule has 0 bridgehead atoms. The predicted octanol–water partition coefficient (Wildman–Crippen LogP) is 3.89. The van der Waals surface area contributed by atoms with Crippen molar-refractivity contribution >= 4 is 17.4 Å². The number of piperidine rings is 1. The summed E-state index contributed by atoms with van der Waals surface area (Å²) in [6.07, 6.45) is 5.41. The molecule has 0 saturated carbocycles. The van der Waals surface area contributed by atoms with Gasteiger partial charge in [-0.05, 0) is 87.7 Å². The van der Waals surface area contributed by atoms with E-state index >= 15 is 0 Å². The minimum absolute atomic E-state index is 0.122. The molecule has 0 spiro atoms. The Hall–Kier alpha value is -3.83. The molecule has 0 aliphatic carbocycles. The van der Waals surface area contributed by atoms with Gasteiger partial charge in [0.1, 0.15) is 5.75 Å². The van der Waals surface area contributed by atoms with E-state index in [4.69, 9.17) is 4.99 Å². The van der Waals surface area contributed by atoms with Gasteiger partial charge in [-0.15, -0.1) is 0 Å². The lowest BCUT2D eigenvalue weighted by molar-refractivity contribution is -0.0498. The zero-order valence-electron chi connectivity index (χ0n) is 23.7. The number of benzene rings is 2. The molecule has 11 heteroatoms. The lowest BCUT2D eigenvalue weighted by Gasteiger charge is -2.36. The summed E-state index contributed by atoms with van der Waals surface area (Å²) in [5.74, 6) is 0.572. The van der Waals surface area contributed by atoms with Gasteiger partial charge in [0.15, 0.2) is 11.3 Å². The largest absolute Gasteiger partial charge is 0.435 e. The molecule has 1 saturated heterocycles. The van der Waals surface area contributed by atoms with E-state index in [9.17, 15) is 18.7 Å². The standard InChI is InChI=1S/C30H38F2N6O3/c1-4-38-18-17-34-26(27(38)35-14-11-22-5-8-24(9-6-22)41-29(31)32)36-23-7-10-25(21(2)19-23)28(39)37(3)20-30(40)12-15-33-16-13-30/h5-10,17-19,29,33,40H,4,11-16,20H2,1-3H3,(H,34,36). The summed E-state index contributed by atoms with van der Waals surface area (Å²) in [5.41, 5.74) is 2.91. The van der Waals surface area contributed by atoms with Crippen molar-refractivity contribution < 1.29 is 23.4 Å². The van der Waals surface area contributed by atoms with Crippen LogP contribution in [0.15, 0.2) is 59.9 Å². The first-order valence-corrected chi connectivity index (χ1v) is 13.8. The molecule has 1 aliphatic rings. The van der Waals surface area contributed by atoms with Gasteiger partial charge in [-0.2, -0.15) is 8.78 Å². The predicted molar refractivity (Wildman–Crippen MR) is 154 cm³/mol. The molecule has 1 aromatic heterocycles. The van der Waals surface area contributed by atoms with Crippen molar-refractivity contribution in [2.24, 2.45) is 4.99 Å². The molecule has 1 fully saturated rings. The van der Waals surface area contributed by atoms with Crippen molar-refractivity contribution in [3.8, 4) is 5.75 Å². The van der Waals surface area contributed by atoms with Gasteiger partial charge in [0, 0.05) is 50.3 Å². The van der Waals surface area contributed by atoms with Gasteiger partial charge in [-0.1, -0.05) is 12.1 Å². The molecule has 1 amide bonds. The Morgan fingerprint density at radius 3 is 2.63 bits per heavy atom. The molecule has 220 valence electrons. The third-order valence-electron chi connectivity index (χ3n) is 7.22. The van der Waals surface area contributed by atoms with Crippen LogP contribution in [-0.2, 0) is 13.0 Å². The van der Waals surface area contributed by atoms with E-state index in [1.807, 2.05) is 36.7 Å². The minimum Gasteiger partial charge on any atom is -0.435 e. The monoisotopic (exact) mass is 568 g/mol. The minimum atomic E-state index is -2.85. The number of rotatable bonds is 11. The topological polar surface area (TPSA) is 104 Å². The number of halogens is 2. The number of carbonyl (C=O) groups is 1. The fourth-order valence-electron chi connectivity index (χ4n) is 4.98. The summed E-state index contributed by atoms with van der Waals surface area (Å²) >= 11 is 0. The van der Waals surface area contributed by atoms with Crippen LogP contribution in [0.2, 0.25) is 0 Å². The molecule has 41 heavy (non-hydrogen) atoms. The number of alkyl halides is 2. The van der Waals surface area contributed by atoms with E-state index in [0.717, 1.165) is 29.9 Å². The van der Waals surface area contributed by atoms with E-state index in [1.165, 1.54) is 12.1 Å². The zero-order chi connectivity index (χ0) is 29.4. The maximum Gasteiger partial charge on any atom is 0.387 e. The number of nitrogens with one attached hydrogen (secondary N) is 2. The van der Waals surface area contributed by atoms with Gasteiger partial charge < -0.3 is 29.9 Å². The van der Waals surface area contributed by atoms with Gasteiger partial charge in [0.25, 0.3) is 5.91 Å². The van der Waals surface area contributed by atoms with Crippen molar-refractivity contribution in [3.63, 3.8) is 0 Å². The molecule has 2 heterocycles. The smallest absolute Gasteiger partial charge is 0.387 e. The highest BCUT2D eigenvalue weighted by atomic mass is 19.3. The number of nitrogens with zero attached hydrogens (tertiary/aromatic N) is 4. The summed E-state index contributed by atoms with van der Waals surface area (Å²) < 4.78 is 31.2. The molecule has 0 unspecified atom stereocenters. The number of hydrogen-bond donors (Lipinski definition) is 3. The van der Waals surface area contributed by atoms with Crippen molar-refractivity contribution in [1.82, 2.24) is 19.8 Å². The van der Waals surface area contributed by atoms with Crippen molar-refractivity contribution in [2.45, 2.75) is 51.9 Å². The van der Waals surface area contributed by atoms with Crippen molar-refractivity contribution in [2.75, 3.05) is 38.5 Å². The van der Waals surface area contributed by atoms with E-state index in [0.29, 0.717) is 49.2 Å². The quantitative estimate of drug-likeness (QED) is 0.324. The fourth-order valence-corrected chi connectivity index (χ4v) is 4.98. The van der Waals surface area contributed by atoms with Crippen LogP contribution < -0.4 is 20.9 Å². The molecule has 4 rings (SSSR count). The summed E-state index contributed by atoms with van der Waals surface area (Å²) in [6.45, 7) is 3.99. The highest BCUT2D eigenvalue weighted by Crippen LogP contribution is 2.23. The Morgan fingerprint density at radius 2 is 1.98 bits per heavy atom. The molecule has 2 aromatic carbocycles. The van der Waals surface area contributed by atoms with Crippen LogP contribution in [0.25, 0.3) is 0 Å². The summed E-state index contributed by atoms with van der Waals surface area (Å²) in [6, 6.07) is 12.1. The Balaban J connectivity index is 1.46. The number of ether oxygens (including phenoxy) is 1. The number of aliphatic hydroxyl groups is 1. The number of hydrogen-bond acceptors (Lipinski definition) is 7. The Labute approximate surface area is 238 Å². The number of amides is 1. The van der Waals surface area contributed by atoms with E-state index < -0.39 is 12.2 Å². The number of likely N-dealkylation sites (N-methyl/N-ethyl adjacent to an activating group) is 1. The normalized spacial score (nSPS) is 15.1. The number of aryl methyl sites for hydroxylation is 2. The SMILES string of the molecule is CCn1ccnc(Nc2ccc(C(=O)N(C)CC3(O)CCNCC3)c(C)c2)c1=NCCc1ccc(OC(F)F)cc1. The Morgan fingerprint density at radius 1 is 1.24 bits per heavy atom. The van der Waals surface area contributed by atoms with Crippen LogP contribution in [0.5, 0.6) is 5.75 Å². The average molecular weight is 569 g/mol. The van der Waals surface area contributed by atoms with E-state index in [1.54, 1.807) is 36.3 Å². The average Bonchev–Trinajstić information content (AvgIpc) is 2.94. The first-order chi connectivity index (χ1) is 19.7. The maximum atomic E-state index is 13.2. The van der Waals surface area contributed by atoms with Crippen LogP contribution in [0.1, 0.15) is 41.3 Å². The third kappa shape index (κ3) is 8.11. The first kappa shape index (κ1) is 30.1. The van der Waals surface area contributed by atoms with Gasteiger partial charge in [-0.3, -0.25) is 9.79 Å². The van der Waals surface area contributed by atoms with Gasteiger partial charge in [0.05, 0.1) is 5.60 Å². The molecule has 0 radical (unpaired) electrons. The van der Waals surface area contributed by atoms with Gasteiger partial charge in [-0.25, -0.2) is 4.98 Å². The summed E-state index contributed by atoms with van der Waals surface area (Å²) in [7, 11) is 1.73. The molecule has 9 nitrogen and oxygen atoms in total. The van der Waals surface area contributed by atoms with Crippen LogP contribution in [0.4, 0.5) is 20.3 Å². The highest BCUT2D eigenvalue weighted by molar-refractivity contribution is 5.96. The maximum absolute atomic E-state index is 13.2. The molecular weight excluding hydrogens is 530 g/mol. The number of aromatic nitrogens is 2. The second kappa shape index (κ2) is 13.7. The van der Waals surface area contributed by atoms with Crippen molar-refractivity contribution in [3.05, 3.63) is 77.0 Å². The number of carbonyl (C=O) groups excluding carboxylic acids is 1. The molecular formula is C30H38F2N6O3. The van der Waals surface area contributed by atoms with Gasteiger partial charge in [0.2, 0.25) is 0 Å². The van der Waals surface area contributed by atoms with Gasteiger partial charge >= 0.3 is 6.61 Å². The molecule has 3 aromatic rings. The second-order valence-electron chi connectivity index (χ2n) is 10.3. The van der Waals surface area contributed by atoms with E-state index in [2.05, 4.69) is 20.4 Å². The van der Waals surface area contributed by atoms with E-state index in [-0.39, 0.29) is 18.2 Å². The third-order valence-corrected chi connectivity index (χ3v) is 7.22. The lowest BCUT2D eigenvalue weighted by atomic mass is 9.91. The second-order valence-corrected chi connectivity index (χ2v) is 10.3. The molecule has 0 atom stereocenters. The summed E-state index contributed by atoms with van der Waals surface area (Å²) in [5, 5.41) is 17.4. The first-order valence-electron chi connectivity index (χ1n) is 13.8. The Kier molecular flexibility index (Phi) is 10.1. The van der Waals surface area contributed by atoms with Crippen LogP contribution in [0.3, 0.4) is 0 Å². The highest BCUT2D eigenvalue weighted by Gasteiger charge is 2.32. The zero-order valence-corrected chi connectivity index (χ0v) is 23.7. The Bertz CT molecular complexity index is 1390. The molecule has 1 aliphatic heterocycles. The van der Waals surface area contributed by atoms with Crippen molar-refractivity contribution in [1.29, 1.82) is 0 Å². The van der Waals surface area contributed by atoms with Crippen LogP contribution >= 0.6 is 0 Å². The fraction of sp³-hybridized carbons (Fsp3) is 0.433.